The van der Waals surface area contributed by atoms with Crippen LogP contribution in [0.4, 0.5) is 0 Å². The molecule has 2 aromatic rings. The normalized spacial score (nSPS) is 11.9. The number of carboxylic acid groups (broad SMARTS) is 1. The maximum absolute atomic E-state index is 12.5. The van der Waals surface area contributed by atoms with Gasteiger partial charge in [0.1, 0.15) is 11.3 Å². The number of hydrogen-bond acceptors (Lipinski definition) is 8. The summed E-state index contributed by atoms with van der Waals surface area (Å²) in [5.41, 5.74) is 5.92. The van der Waals surface area contributed by atoms with E-state index in [1.165, 1.54) is 30.3 Å². The number of carbonyl (C=O) groups excluding carboxylic acids is 1. The highest BCUT2D eigenvalue weighted by molar-refractivity contribution is 6.48. The van der Waals surface area contributed by atoms with E-state index in [0.717, 1.165) is 5.56 Å². The first kappa shape index (κ1) is 24.9. The van der Waals surface area contributed by atoms with Crippen LogP contribution in [0.1, 0.15) is 27.0 Å². The summed E-state index contributed by atoms with van der Waals surface area (Å²) in [7, 11) is -2.04. The minimum Gasteiger partial charge on any atom is -0.507 e. The van der Waals surface area contributed by atoms with E-state index >= 15 is 0 Å². The largest absolute Gasteiger partial charge is 0.507 e. The maximum atomic E-state index is 12.5. The number of benzene rings is 2. The number of nitrogens with two attached hydrogens (primary N) is 1. The van der Waals surface area contributed by atoms with Crippen molar-refractivity contribution in [3.05, 3.63) is 64.7 Å². The topological polar surface area (TPSA) is 186 Å². The van der Waals surface area contributed by atoms with Crippen LogP contribution in [0.2, 0.25) is 0 Å². The van der Waals surface area contributed by atoms with E-state index in [2.05, 4.69) is 10.5 Å². The molecule has 0 bridgehead atoms. The van der Waals surface area contributed by atoms with Crippen LogP contribution in [0, 0.1) is 0 Å². The zero-order valence-electron chi connectivity index (χ0n) is 15.6. The van der Waals surface area contributed by atoms with Crippen LogP contribution >= 0.6 is 12.4 Å². The van der Waals surface area contributed by atoms with Crippen molar-refractivity contribution in [3.63, 3.8) is 0 Å². The third-order valence-electron chi connectivity index (χ3n) is 4.24. The molecule has 0 spiro atoms. The Bertz CT molecular complexity index is 922. The molecule has 0 radical (unpaired) electrons. The zero-order valence-corrected chi connectivity index (χ0v) is 16.4. The van der Waals surface area contributed by atoms with Gasteiger partial charge in [0, 0.05) is 12.1 Å². The minimum absolute atomic E-state index is 0. The van der Waals surface area contributed by atoms with Crippen molar-refractivity contribution < 1.29 is 35.1 Å². The van der Waals surface area contributed by atoms with Crippen molar-refractivity contribution >= 4 is 37.1 Å². The van der Waals surface area contributed by atoms with Gasteiger partial charge in [-0.05, 0) is 23.6 Å². The predicted octanol–water partition coefficient (Wildman–Crippen LogP) is -0.111. The van der Waals surface area contributed by atoms with Crippen LogP contribution in [0.25, 0.3) is 0 Å². The summed E-state index contributed by atoms with van der Waals surface area (Å²) in [4.78, 5) is 23.6. The number of amides is 1. The monoisotopic (exact) mass is 437 g/mol. The van der Waals surface area contributed by atoms with E-state index in [-0.39, 0.29) is 47.8 Å². The number of para-hydroxylation sites is 1. The summed E-state index contributed by atoms with van der Waals surface area (Å²) < 4.78 is 0. The number of nitrogens with one attached hydrogen (secondary N) is 1. The number of nitrogens with zero attached hydrogens (tertiary/aromatic N) is 1. The van der Waals surface area contributed by atoms with Crippen molar-refractivity contribution in [2.45, 2.75) is 18.9 Å². The highest BCUT2D eigenvalue weighted by atomic mass is 35.5. The summed E-state index contributed by atoms with van der Waals surface area (Å²) in [5.74, 6) is -4.13. The van der Waals surface area contributed by atoms with Gasteiger partial charge in [-0.1, -0.05) is 41.6 Å². The lowest BCUT2D eigenvalue weighted by molar-refractivity contribution is -0.115. The number of aromatic hydroxyl groups is 1. The Balaban J connectivity index is 0.00000450. The van der Waals surface area contributed by atoms with Gasteiger partial charge < -0.3 is 36.5 Å². The third kappa shape index (κ3) is 5.94. The van der Waals surface area contributed by atoms with Crippen molar-refractivity contribution in [1.29, 1.82) is 0 Å². The molecule has 0 aliphatic rings. The number of halogens is 1. The van der Waals surface area contributed by atoms with Gasteiger partial charge >= 0.3 is 13.1 Å². The summed E-state index contributed by atoms with van der Waals surface area (Å²) in [6.07, 6.45) is -0.290. The molecular formula is C18H21BClN3O7. The Morgan fingerprint density at radius 3 is 2.27 bits per heavy atom. The molecule has 2 rings (SSSR count). The Labute approximate surface area is 178 Å². The average molecular weight is 438 g/mol. The van der Waals surface area contributed by atoms with Gasteiger partial charge in [-0.2, -0.15) is 0 Å². The first-order valence-corrected chi connectivity index (χ1v) is 8.51. The Morgan fingerprint density at radius 1 is 1.13 bits per heavy atom. The van der Waals surface area contributed by atoms with Gasteiger partial charge in [0.2, 0.25) is 0 Å². The molecule has 10 nitrogen and oxygen atoms in total. The molecule has 0 aliphatic heterocycles. The van der Waals surface area contributed by atoms with Crippen LogP contribution in [0.3, 0.4) is 0 Å². The lowest BCUT2D eigenvalue weighted by Gasteiger charge is -2.19. The molecule has 0 saturated heterocycles. The Morgan fingerprint density at radius 2 is 1.77 bits per heavy atom. The molecule has 0 aromatic heterocycles. The fourth-order valence-electron chi connectivity index (χ4n) is 2.67. The number of carboxylic acids is 1. The summed E-state index contributed by atoms with van der Waals surface area (Å²) in [6.45, 7) is 0.287. The molecule has 0 aliphatic carbocycles. The Kier molecular flexibility index (Phi) is 9.28. The van der Waals surface area contributed by atoms with Crippen LogP contribution < -0.4 is 11.1 Å². The van der Waals surface area contributed by atoms with Gasteiger partial charge in [0.05, 0.1) is 5.94 Å². The molecule has 0 fully saturated rings. The number of aromatic carboxylic acids is 1. The standard InChI is InChI=1S/C18H20BN3O7.ClH/c20-9-10-4-6-11(7-5-10)15(22-29)17(24)21-14(19(27)28)8-12-2-1-3-13(16(12)23)18(25)26;/h1-7,14,23,27-29H,8-9,20H2,(H,21,24)(H,25,26);1H/t14-;/m0./s1. The number of rotatable bonds is 8. The molecule has 1 atom stereocenters. The number of oxime groups is 1. The van der Waals surface area contributed by atoms with Crippen molar-refractivity contribution in [1.82, 2.24) is 5.32 Å². The number of phenols is 1. The van der Waals surface area contributed by atoms with Crippen LogP contribution in [-0.4, -0.2) is 56.1 Å². The molecule has 30 heavy (non-hydrogen) atoms. The maximum Gasteiger partial charge on any atom is 0.475 e. The van der Waals surface area contributed by atoms with Crippen molar-refractivity contribution in [2.24, 2.45) is 10.9 Å². The summed E-state index contributed by atoms with van der Waals surface area (Å²) >= 11 is 0. The van der Waals surface area contributed by atoms with Gasteiger partial charge in [0.15, 0.2) is 5.71 Å². The highest BCUT2D eigenvalue weighted by Gasteiger charge is 2.29. The molecule has 12 heteroatoms. The second kappa shape index (κ2) is 11.2. The van der Waals surface area contributed by atoms with E-state index in [9.17, 15) is 30.0 Å². The summed E-state index contributed by atoms with van der Waals surface area (Å²) in [5, 5.41) is 52.9. The smallest absolute Gasteiger partial charge is 0.475 e. The molecular weight excluding hydrogens is 416 g/mol. The molecule has 0 saturated carbocycles. The molecule has 0 unspecified atom stereocenters. The number of carbonyl (C=O) groups is 2. The third-order valence-corrected chi connectivity index (χ3v) is 4.24. The van der Waals surface area contributed by atoms with E-state index in [0.29, 0.717) is 0 Å². The van der Waals surface area contributed by atoms with Crippen LogP contribution in [-0.2, 0) is 17.8 Å². The second-order valence-corrected chi connectivity index (χ2v) is 6.17. The lowest BCUT2D eigenvalue weighted by atomic mass is 9.75. The predicted molar refractivity (Wildman–Crippen MR) is 111 cm³/mol. The fourth-order valence-corrected chi connectivity index (χ4v) is 2.67. The van der Waals surface area contributed by atoms with Crippen molar-refractivity contribution in [3.8, 4) is 5.75 Å². The molecule has 8 N–H and O–H groups in total. The molecule has 2 aromatic carbocycles. The van der Waals surface area contributed by atoms with Crippen LogP contribution in [0.15, 0.2) is 47.6 Å². The molecule has 0 heterocycles. The van der Waals surface area contributed by atoms with E-state index in [1.54, 1.807) is 12.1 Å². The van der Waals surface area contributed by atoms with Gasteiger partial charge in [-0.3, -0.25) is 4.79 Å². The second-order valence-electron chi connectivity index (χ2n) is 6.17. The average Bonchev–Trinajstić information content (AvgIpc) is 2.69. The van der Waals surface area contributed by atoms with E-state index in [4.69, 9.17) is 10.8 Å². The summed E-state index contributed by atoms with van der Waals surface area (Å²) in [6, 6.07) is 10.3. The van der Waals surface area contributed by atoms with Gasteiger partial charge in [-0.15, -0.1) is 12.4 Å². The first-order valence-electron chi connectivity index (χ1n) is 8.51. The quantitative estimate of drug-likeness (QED) is 0.129. The number of hydrogen-bond donors (Lipinski definition) is 7. The Hall–Kier alpha value is -3.12. The molecule has 1 amide bonds. The fraction of sp³-hybridized carbons (Fsp3) is 0.167. The zero-order chi connectivity index (χ0) is 21.6. The van der Waals surface area contributed by atoms with Gasteiger partial charge in [0.25, 0.3) is 5.91 Å². The SMILES string of the molecule is Cl.NCc1ccc(C(=NO)C(=O)N[C@@H](Cc2cccc(C(=O)O)c2O)B(O)O)cc1. The van der Waals surface area contributed by atoms with Crippen molar-refractivity contribution in [2.75, 3.05) is 0 Å². The van der Waals surface area contributed by atoms with Gasteiger partial charge in [-0.25, -0.2) is 4.79 Å². The van der Waals surface area contributed by atoms with Crippen LogP contribution in [0.5, 0.6) is 5.75 Å². The lowest BCUT2D eigenvalue weighted by Crippen LogP contribution is -2.50. The van der Waals surface area contributed by atoms with E-state index in [1.807, 2.05) is 0 Å². The highest BCUT2D eigenvalue weighted by Crippen LogP contribution is 2.24. The minimum atomic E-state index is -2.04. The van der Waals surface area contributed by atoms with E-state index < -0.39 is 30.7 Å². The first-order chi connectivity index (χ1) is 13.8. The molecule has 160 valence electrons.